The van der Waals surface area contributed by atoms with Crippen LogP contribution < -0.4 is 0 Å². The third-order valence-electron chi connectivity index (χ3n) is 0. The van der Waals surface area contributed by atoms with Gasteiger partial charge in [0.1, 0.15) is 0 Å². The predicted molar refractivity (Wildman–Crippen MR) is 0 cm³/mol. The van der Waals surface area contributed by atoms with Gasteiger partial charge in [-0.1, -0.05) is 0 Å². The van der Waals surface area contributed by atoms with Crippen molar-refractivity contribution < 1.29 is 84.2 Å². The van der Waals surface area contributed by atoms with Crippen LogP contribution in [0.15, 0.2) is 0 Å². The number of rotatable bonds is 0. The van der Waals surface area contributed by atoms with Crippen LogP contribution in [0.3, 0.4) is 0 Å². The maximum absolute atomic E-state index is 0. The van der Waals surface area contributed by atoms with Gasteiger partial charge in [0, 0.05) is 84.2 Å². The Kier molecular flexibility index (Phi) is 127. The smallest absolute Gasteiger partial charge is 0 e. The molecule has 0 fully saturated rings. The molecule has 0 atom stereocenters. The minimum Gasteiger partial charge on any atom is 0 e. The largest absolute Gasteiger partial charge is 0 e. The average molecular weight is 476 g/mol. The van der Waals surface area contributed by atoms with Crippen molar-refractivity contribution in [3.05, 3.63) is 0 Å². The summed E-state index contributed by atoms with van der Waals surface area (Å²) in [5.41, 5.74) is 0. The number of hydrogen-bond donors (Lipinski definition) is 0. The van der Waals surface area contributed by atoms with Crippen LogP contribution in [0, 0.1) is 0 Å². The maximum Gasteiger partial charge on any atom is 0 e. The molecule has 0 unspecified atom stereocenters. The fourth-order valence-electron chi connectivity index (χ4n) is 0. The van der Waals surface area contributed by atoms with Crippen LogP contribution >= 0.6 is 0 Å². The molecule has 44 valence electrons. The second-order valence-electron chi connectivity index (χ2n) is 0. The van der Waals surface area contributed by atoms with Crippen LogP contribution in [-0.4, -0.2) is 0 Å². The van der Waals surface area contributed by atoms with E-state index in [1.54, 1.807) is 0 Å². The summed E-state index contributed by atoms with van der Waals surface area (Å²) < 4.78 is 0. The topological polar surface area (TPSA) is 0 Å². The standard InChI is InChI=1S/2Ag.Au.Cu. The third-order valence-corrected chi connectivity index (χ3v) is 0. The molecule has 0 bridgehead atoms. The minimum atomic E-state index is 0. The van der Waals surface area contributed by atoms with Crippen LogP contribution in [0.1, 0.15) is 0 Å². The van der Waals surface area contributed by atoms with E-state index < -0.39 is 0 Å². The van der Waals surface area contributed by atoms with Gasteiger partial charge in [0.15, 0.2) is 0 Å². The van der Waals surface area contributed by atoms with Crippen molar-refractivity contribution in [1.82, 2.24) is 0 Å². The van der Waals surface area contributed by atoms with Crippen LogP contribution in [0.2, 0.25) is 0 Å². The first-order valence-corrected chi connectivity index (χ1v) is 0. The van der Waals surface area contributed by atoms with E-state index in [4.69, 9.17) is 0 Å². The first-order chi connectivity index (χ1) is 0. The van der Waals surface area contributed by atoms with Crippen molar-refractivity contribution in [2.45, 2.75) is 0 Å². The Morgan fingerprint density at radius 3 is 0.750 bits per heavy atom. The first-order valence-electron chi connectivity index (χ1n) is 0. The third kappa shape index (κ3) is 8.83. The van der Waals surface area contributed by atoms with Gasteiger partial charge < -0.3 is 0 Å². The molecule has 0 saturated heterocycles. The normalized spacial score (nSPS) is 0. The molecule has 0 saturated carbocycles. The van der Waals surface area contributed by atoms with Gasteiger partial charge in [0.05, 0.1) is 0 Å². The maximum atomic E-state index is 0. The van der Waals surface area contributed by atoms with Crippen molar-refractivity contribution >= 4 is 0 Å². The van der Waals surface area contributed by atoms with Gasteiger partial charge in [0.2, 0.25) is 0 Å². The zero-order valence-electron chi connectivity index (χ0n) is 1.21. The predicted octanol–water partition coefficient (Wildman–Crippen LogP) is -0.0100. The van der Waals surface area contributed by atoms with Crippen molar-refractivity contribution in [1.29, 1.82) is 0 Å². The van der Waals surface area contributed by atoms with Gasteiger partial charge in [-0.3, -0.25) is 0 Å². The second kappa shape index (κ2) is 17.2. The molecule has 4 radical (unpaired) electrons. The summed E-state index contributed by atoms with van der Waals surface area (Å²) in [6.07, 6.45) is 0. The molecule has 0 heterocycles. The SMILES string of the molecule is [Ag].[Ag].[Au].[Cu]. The van der Waals surface area contributed by atoms with E-state index in [9.17, 15) is 0 Å². The molecule has 0 aliphatic heterocycles. The minimum absolute atomic E-state index is 0. The van der Waals surface area contributed by atoms with E-state index in [-0.39, 0.29) is 84.2 Å². The van der Waals surface area contributed by atoms with Crippen molar-refractivity contribution in [3.63, 3.8) is 0 Å². The molecule has 0 N–H and O–H groups in total. The van der Waals surface area contributed by atoms with E-state index in [2.05, 4.69) is 0 Å². The van der Waals surface area contributed by atoms with E-state index in [1.807, 2.05) is 0 Å². The molecule has 0 amide bonds. The van der Waals surface area contributed by atoms with Crippen molar-refractivity contribution in [3.8, 4) is 0 Å². The van der Waals surface area contributed by atoms with E-state index in [0.717, 1.165) is 0 Å². The molecule has 0 spiro atoms. The second-order valence-corrected chi connectivity index (χ2v) is 0. The molecule has 0 nitrogen and oxygen atoms in total. The molecule has 0 rings (SSSR count). The molecule has 0 aromatic carbocycles. The van der Waals surface area contributed by atoms with E-state index in [0.29, 0.717) is 0 Å². The zero-order chi connectivity index (χ0) is 0. The van der Waals surface area contributed by atoms with Crippen molar-refractivity contribution in [2.75, 3.05) is 0 Å². The summed E-state index contributed by atoms with van der Waals surface area (Å²) in [5.74, 6) is 0. The van der Waals surface area contributed by atoms with Crippen LogP contribution in [0.4, 0.5) is 0 Å². The Bertz CT molecular complexity index is 6.00. The summed E-state index contributed by atoms with van der Waals surface area (Å²) in [5, 5.41) is 0. The Morgan fingerprint density at radius 2 is 0.750 bits per heavy atom. The van der Waals surface area contributed by atoms with E-state index >= 15 is 0 Å². The van der Waals surface area contributed by atoms with Gasteiger partial charge in [-0.2, -0.15) is 0 Å². The first kappa shape index (κ1) is 29.6. The van der Waals surface area contributed by atoms with Crippen LogP contribution in [0.25, 0.3) is 0 Å². The summed E-state index contributed by atoms with van der Waals surface area (Å²) >= 11 is 0. The van der Waals surface area contributed by atoms with Gasteiger partial charge >= 0.3 is 0 Å². The molecule has 0 aliphatic rings. The molecule has 0 aliphatic carbocycles. The molecule has 0 aromatic rings. The fourth-order valence-corrected chi connectivity index (χ4v) is 0. The average Bonchev–Trinajstić information content (AvgIpc) is 0. The quantitative estimate of drug-likeness (QED) is 0.432. The molecular weight excluding hydrogens is 476 g/mol. The fraction of sp³-hybridized carbons (Fsp3) is 0. The van der Waals surface area contributed by atoms with Gasteiger partial charge in [-0.05, 0) is 0 Å². The van der Waals surface area contributed by atoms with Gasteiger partial charge in [-0.25, -0.2) is 0 Å². The molecule has 4 heteroatoms. The van der Waals surface area contributed by atoms with Crippen LogP contribution in [-0.2, 0) is 84.2 Å². The number of hydrogen-bond acceptors (Lipinski definition) is 0. The van der Waals surface area contributed by atoms with Crippen molar-refractivity contribution in [2.24, 2.45) is 0 Å². The Balaban J connectivity index is 0. The Labute approximate surface area is 82.9 Å². The Hall–Kier alpha value is 2.74. The summed E-state index contributed by atoms with van der Waals surface area (Å²) in [6, 6.07) is 0. The summed E-state index contributed by atoms with van der Waals surface area (Å²) in [7, 11) is 0. The van der Waals surface area contributed by atoms with Gasteiger partial charge in [-0.15, -0.1) is 0 Å². The van der Waals surface area contributed by atoms with E-state index in [1.165, 1.54) is 0 Å². The summed E-state index contributed by atoms with van der Waals surface area (Å²) in [4.78, 5) is 0. The monoisotopic (exact) mass is 474 g/mol. The zero-order valence-corrected chi connectivity index (χ0v) is 7.28. The van der Waals surface area contributed by atoms with Gasteiger partial charge in [0.25, 0.3) is 0 Å². The van der Waals surface area contributed by atoms with Crippen LogP contribution in [0.5, 0.6) is 0 Å². The molecular formula is Ag2AuCu. The molecule has 0 aromatic heterocycles. The molecule has 4 heavy (non-hydrogen) atoms. The Morgan fingerprint density at radius 1 is 0.750 bits per heavy atom. The summed E-state index contributed by atoms with van der Waals surface area (Å²) in [6.45, 7) is 0.